The summed E-state index contributed by atoms with van der Waals surface area (Å²) < 4.78 is 2.02. The lowest BCUT2D eigenvalue weighted by Gasteiger charge is -2.26. The first-order valence-electron chi connectivity index (χ1n) is 9.88. The summed E-state index contributed by atoms with van der Waals surface area (Å²) in [6.07, 6.45) is 6.30. The van der Waals surface area contributed by atoms with Gasteiger partial charge in [-0.1, -0.05) is 54.1 Å². The van der Waals surface area contributed by atoms with Crippen molar-refractivity contribution in [2.24, 2.45) is 0 Å². The molecule has 5 rings (SSSR count). The topological polar surface area (TPSA) is 66.8 Å². The number of aromatic amines is 1. The molecule has 0 fully saturated rings. The second-order valence-corrected chi connectivity index (χ2v) is 7.77. The van der Waals surface area contributed by atoms with Crippen molar-refractivity contribution in [3.8, 4) is 11.3 Å². The Balaban J connectivity index is 1.53. The standard InChI is InChI=1S/C23H20ClN5O/c24-18-9-4-8-17(14-18)22-19-20(16-6-2-1-3-7-16)26-27-21(19)23(30)29(22)12-5-11-28-13-10-25-15-28/h1-4,6-10,13-15,22H,5,11-12H2,(H,26,27). The third-order valence-electron chi connectivity index (χ3n) is 5.45. The second-order valence-electron chi connectivity index (χ2n) is 7.34. The van der Waals surface area contributed by atoms with E-state index >= 15 is 0 Å². The van der Waals surface area contributed by atoms with E-state index in [1.807, 2.05) is 70.3 Å². The third kappa shape index (κ3) is 3.29. The van der Waals surface area contributed by atoms with Crippen molar-refractivity contribution in [1.29, 1.82) is 0 Å². The first-order chi connectivity index (χ1) is 14.7. The zero-order valence-corrected chi connectivity index (χ0v) is 17.0. The fraction of sp³-hybridized carbons (Fsp3) is 0.174. The molecule has 0 spiro atoms. The molecule has 4 aromatic rings. The zero-order valence-electron chi connectivity index (χ0n) is 16.2. The number of hydrogen-bond acceptors (Lipinski definition) is 3. The van der Waals surface area contributed by atoms with E-state index in [0.29, 0.717) is 17.3 Å². The van der Waals surface area contributed by atoms with Gasteiger partial charge in [-0.25, -0.2) is 4.98 Å². The van der Waals surface area contributed by atoms with Gasteiger partial charge in [-0.3, -0.25) is 9.89 Å². The number of carbonyl (C=O) groups excluding carboxylic acids is 1. The minimum atomic E-state index is -0.233. The van der Waals surface area contributed by atoms with Gasteiger partial charge in [-0.2, -0.15) is 5.10 Å². The summed E-state index contributed by atoms with van der Waals surface area (Å²) in [6, 6.07) is 17.4. The van der Waals surface area contributed by atoms with Crippen molar-refractivity contribution in [3.05, 3.63) is 95.2 Å². The Labute approximate surface area is 179 Å². The van der Waals surface area contributed by atoms with Gasteiger partial charge in [-0.05, 0) is 24.1 Å². The second kappa shape index (κ2) is 7.80. The molecule has 150 valence electrons. The highest BCUT2D eigenvalue weighted by Crippen LogP contribution is 2.43. The van der Waals surface area contributed by atoms with Crippen molar-refractivity contribution in [1.82, 2.24) is 24.6 Å². The lowest BCUT2D eigenvalue weighted by molar-refractivity contribution is 0.0739. The summed E-state index contributed by atoms with van der Waals surface area (Å²) in [6.45, 7) is 1.41. The Bertz CT molecular complexity index is 1170. The van der Waals surface area contributed by atoms with Crippen LogP contribution >= 0.6 is 11.6 Å². The van der Waals surface area contributed by atoms with Crippen molar-refractivity contribution in [2.45, 2.75) is 19.0 Å². The molecule has 1 N–H and O–H groups in total. The normalized spacial score (nSPS) is 15.6. The van der Waals surface area contributed by atoms with Crippen LogP contribution in [-0.4, -0.2) is 37.1 Å². The highest BCUT2D eigenvalue weighted by molar-refractivity contribution is 6.30. The fourth-order valence-electron chi connectivity index (χ4n) is 4.11. The number of amides is 1. The molecule has 0 saturated carbocycles. The van der Waals surface area contributed by atoms with E-state index in [9.17, 15) is 4.79 Å². The van der Waals surface area contributed by atoms with Gasteiger partial charge >= 0.3 is 0 Å². The summed E-state index contributed by atoms with van der Waals surface area (Å²) >= 11 is 6.30. The molecule has 0 bridgehead atoms. The fourth-order valence-corrected chi connectivity index (χ4v) is 4.31. The monoisotopic (exact) mass is 417 g/mol. The largest absolute Gasteiger partial charge is 0.337 e. The van der Waals surface area contributed by atoms with Crippen molar-refractivity contribution >= 4 is 17.5 Å². The van der Waals surface area contributed by atoms with Gasteiger partial charge in [-0.15, -0.1) is 0 Å². The number of halogens is 1. The van der Waals surface area contributed by atoms with Crippen LogP contribution in [0.25, 0.3) is 11.3 Å². The molecule has 1 amide bonds. The number of nitrogens with zero attached hydrogens (tertiary/aromatic N) is 4. The van der Waals surface area contributed by atoms with Crippen LogP contribution in [0.3, 0.4) is 0 Å². The Kier molecular flexibility index (Phi) is 4.85. The Morgan fingerprint density at radius 3 is 2.70 bits per heavy atom. The van der Waals surface area contributed by atoms with Gasteiger partial charge in [0, 0.05) is 41.6 Å². The molecule has 1 unspecified atom stereocenters. The predicted molar refractivity (Wildman–Crippen MR) is 115 cm³/mol. The van der Waals surface area contributed by atoms with Crippen LogP contribution < -0.4 is 0 Å². The number of aromatic nitrogens is 4. The molecule has 1 aliphatic rings. The number of hydrogen-bond donors (Lipinski definition) is 1. The number of H-pyrrole nitrogens is 1. The molecule has 0 radical (unpaired) electrons. The van der Waals surface area contributed by atoms with Crippen LogP contribution in [-0.2, 0) is 6.54 Å². The van der Waals surface area contributed by atoms with Crippen molar-refractivity contribution in [3.63, 3.8) is 0 Å². The number of carbonyl (C=O) groups is 1. The highest BCUT2D eigenvalue weighted by atomic mass is 35.5. The molecule has 3 heterocycles. The third-order valence-corrected chi connectivity index (χ3v) is 5.69. The highest BCUT2D eigenvalue weighted by Gasteiger charge is 2.41. The van der Waals surface area contributed by atoms with E-state index < -0.39 is 0 Å². The van der Waals surface area contributed by atoms with Gasteiger partial charge in [0.1, 0.15) is 5.69 Å². The molecule has 2 aromatic carbocycles. The molecule has 6 nitrogen and oxygen atoms in total. The Morgan fingerprint density at radius 2 is 1.93 bits per heavy atom. The van der Waals surface area contributed by atoms with Gasteiger partial charge in [0.15, 0.2) is 0 Å². The summed E-state index contributed by atoms with van der Waals surface area (Å²) in [4.78, 5) is 19.3. The minimum Gasteiger partial charge on any atom is -0.337 e. The molecule has 7 heteroatoms. The summed E-state index contributed by atoms with van der Waals surface area (Å²) in [5.74, 6) is -0.0321. The minimum absolute atomic E-state index is 0.0321. The number of rotatable bonds is 6. The van der Waals surface area contributed by atoms with Crippen molar-refractivity contribution < 1.29 is 4.79 Å². The lowest BCUT2D eigenvalue weighted by Crippen LogP contribution is -2.31. The maximum atomic E-state index is 13.3. The molecule has 2 aromatic heterocycles. The van der Waals surface area contributed by atoms with Gasteiger partial charge in [0.05, 0.1) is 18.1 Å². The van der Waals surface area contributed by atoms with E-state index in [4.69, 9.17) is 11.6 Å². The predicted octanol–water partition coefficient (Wildman–Crippen LogP) is 4.56. The van der Waals surface area contributed by atoms with E-state index in [2.05, 4.69) is 15.2 Å². The maximum absolute atomic E-state index is 13.3. The summed E-state index contributed by atoms with van der Waals surface area (Å²) in [5, 5.41) is 8.14. The number of aryl methyl sites for hydroxylation is 1. The Hall–Kier alpha value is -3.38. The van der Waals surface area contributed by atoms with Crippen LogP contribution in [0.2, 0.25) is 5.02 Å². The van der Waals surface area contributed by atoms with E-state index in [0.717, 1.165) is 35.3 Å². The van der Waals surface area contributed by atoms with E-state index in [1.54, 1.807) is 12.5 Å². The quantitative estimate of drug-likeness (QED) is 0.500. The van der Waals surface area contributed by atoms with E-state index in [1.165, 1.54) is 0 Å². The van der Waals surface area contributed by atoms with Crippen molar-refractivity contribution in [2.75, 3.05) is 6.54 Å². The smallest absolute Gasteiger partial charge is 0.273 e. The number of nitrogens with one attached hydrogen (secondary N) is 1. The molecular formula is C23H20ClN5O. The average Bonchev–Trinajstić information content (AvgIpc) is 3.48. The van der Waals surface area contributed by atoms with Gasteiger partial charge in [0.25, 0.3) is 5.91 Å². The molecule has 0 aliphatic carbocycles. The van der Waals surface area contributed by atoms with Gasteiger partial charge < -0.3 is 9.47 Å². The zero-order chi connectivity index (χ0) is 20.5. The van der Waals surface area contributed by atoms with Crippen LogP contribution in [0.1, 0.15) is 34.1 Å². The average molecular weight is 418 g/mol. The van der Waals surface area contributed by atoms with E-state index in [-0.39, 0.29) is 11.9 Å². The summed E-state index contributed by atoms with van der Waals surface area (Å²) in [5.41, 5.74) is 4.24. The maximum Gasteiger partial charge on any atom is 0.273 e. The number of fused-ring (bicyclic) bond motifs is 1. The molecule has 1 atom stereocenters. The molecular weight excluding hydrogens is 398 g/mol. The van der Waals surface area contributed by atoms with Gasteiger partial charge in [0.2, 0.25) is 0 Å². The van der Waals surface area contributed by atoms with Crippen LogP contribution in [0.15, 0.2) is 73.3 Å². The lowest BCUT2D eigenvalue weighted by atomic mass is 9.96. The molecule has 1 aliphatic heterocycles. The van der Waals surface area contributed by atoms with Crippen LogP contribution in [0.5, 0.6) is 0 Å². The molecule has 0 saturated heterocycles. The summed E-state index contributed by atoms with van der Waals surface area (Å²) in [7, 11) is 0. The number of imidazole rings is 1. The van der Waals surface area contributed by atoms with Crippen LogP contribution in [0.4, 0.5) is 0 Å². The van der Waals surface area contributed by atoms with Crippen LogP contribution in [0, 0.1) is 0 Å². The number of benzene rings is 2. The molecule has 30 heavy (non-hydrogen) atoms. The first-order valence-corrected chi connectivity index (χ1v) is 10.3. The SMILES string of the molecule is O=C1c2[nH]nc(-c3ccccc3)c2C(c2cccc(Cl)c2)N1CCCn1ccnc1. The first kappa shape index (κ1) is 18.6. The Morgan fingerprint density at radius 1 is 1.07 bits per heavy atom.